The topological polar surface area (TPSA) is 46.3 Å². The van der Waals surface area contributed by atoms with Gasteiger partial charge < -0.3 is 10.6 Å². The second-order valence-electron chi connectivity index (χ2n) is 5.76. The number of allylic oxidation sites excluding steroid dienone is 1. The van der Waals surface area contributed by atoms with Crippen LogP contribution in [0.5, 0.6) is 0 Å². The lowest BCUT2D eigenvalue weighted by Gasteiger charge is -2.28. The number of anilines is 1. The SMILES string of the molecule is CC/C1=C/c2ccccc2CN(C(=O)CCN)c2ccccc21. The molecule has 3 rings (SSSR count). The molecule has 0 spiro atoms. The summed E-state index contributed by atoms with van der Waals surface area (Å²) in [5.74, 6) is 0.0760. The highest BCUT2D eigenvalue weighted by atomic mass is 16.2. The molecule has 0 radical (unpaired) electrons. The van der Waals surface area contributed by atoms with Gasteiger partial charge in [0, 0.05) is 18.5 Å². The molecule has 1 aliphatic heterocycles. The van der Waals surface area contributed by atoms with Crippen molar-refractivity contribution in [3.8, 4) is 0 Å². The monoisotopic (exact) mass is 306 g/mol. The van der Waals surface area contributed by atoms with Crippen LogP contribution in [0.25, 0.3) is 11.6 Å². The van der Waals surface area contributed by atoms with E-state index < -0.39 is 0 Å². The number of rotatable bonds is 3. The minimum absolute atomic E-state index is 0.0760. The largest absolute Gasteiger partial charge is 0.330 e. The Balaban J connectivity index is 2.20. The van der Waals surface area contributed by atoms with Crippen LogP contribution in [-0.2, 0) is 11.3 Å². The number of carbonyl (C=O) groups is 1. The van der Waals surface area contributed by atoms with Gasteiger partial charge in [0.25, 0.3) is 0 Å². The third kappa shape index (κ3) is 3.06. The first-order valence-corrected chi connectivity index (χ1v) is 8.13. The first kappa shape index (κ1) is 15.5. The summed E-state index contributed by atoms with van der Waals surface area (Å²) in [6.45, 7) is 3.11. The summed E-state index contributed by atoms with van der Waals surface area (Å²) >= 11 is 0. The van der Waals surface area contributed by atoms with Crippen molar-refractivity contribution in [1.82, 2.24) is 0 Å². The fourth-order valence-corrected chi connectivity index (χ4v) is 3.09. The first-order chi connectivity index (χ1) is 11.2. The maximum Gasteiger partial charge on any atom is 0.228 e. The van der Waals surface area contributed by atoms with Crippen molar-refractivity contribution in [2.24, 2.45) is 5.73 Å². The second kappa shape index (κ2) is 6.80. The van der Waals surface area contributed by atoms with E-state index in [1.165, 1.54) is 16.7 Å². The molecular weight excluding hydrogens is 284 g/mol. The Morgan fingerprint density at radius 3 is 2.65 bits per heavy atom. The smallest absolute Gasteiger partial charge is 0.228 e. The van der Waals surface area contributed by atoms with E-state index in [0.717, 1.165) is 17.7 Å². The van der Waals surface area contributed by atoms with Crippen LogP contribution in [0.3, 0.4) is 0 Å². The highest BCUT2D eigenvalue weighted by Crippen LogP contribution is 2.35. The van der Waals surface area contributed by atoms with Gasteiger partial charge in [-0.2, -0.15) is 0 Å². The summed E-state index contributed by atoms with van der Waals surface area (Å²) < 4.78 is 0. The molecule has 118 valence electrons. The van der Waals surface area contributed by atoms with E-state index in [0.29, 0.717) is 19.5 Å². The summed E-state index contributed by atoms with van der Waals surface area (Å²) in [7, 11) is 0. The molecule has 1 aliphatic rings. The van der Waals surface area contributed by atoms with Crippen molar-refractivity contribution in [2.75, 3.05) is 11.4 Å². The number of amides is 1. The Bertz CT molecular complexity index is 749. The third-order valence-corrected chi connectivity index (χ3v) is 4.29. The summed E-state index contributed by atoms with van der Waals surface area (Å²) in [5, 5.41) is 0. The van der Waals surface area contributed by atoms with Crippen molar-refractivity contribution >= 4 is 23.2 Å². The predicted molar refractivity (Wildman–Crippen MR) is 95.9 cm³/mol. The fraction of sp³-hybridized carbons (Fsp3) is 0.250. The van der Waals surface area contributed by atoms with E-state index in [1.54, 1.807) is 0 Å². The molecule has 2 aromatic carbocycles. The van der Waals surface area contributed by atoms with Crippen LogP contribution < -0.4 is 10.6 Å². The van der Waals surface area contributed by atoms with E-state index >= 15 is 0 Å². The molecule has 0 unspecified atom stereocenters. The Kier molecular flexibility index (Phi) is 4.58. The summed E-state index contributed by atoms with van der Waals surface area (Å²) in [6.07, 6.45) is 3.53. The normalized spacial score (nSPS) is 15.7. The number of hydrogen-bond donors (Lipinski definition) is 1. The molecule has 0 saturated heterocycles. The molecular formula is C20H22N2O. The van der Waals surface area contributed by atoms with Crippen LogP contribution in [0.4, 0.5) is 5.69 Å². The molecule has 0 atom stereocenters. The van der Waals surface area contributed by atoms with E-state index in [4.69, 9.17) is 5.73 Å². The zero-order chi connectivity index (χ0) is 16.2. The quantitative estimate of drug-likeness (QED) is 0.936. The minimum atomic E-state index is 0.0760. The van der Waals surface area contributed by atoms with Gasteiger partial charge in [-0.05, 0) is 29.2 Å². The molecule has 0 fully saturated rings. The molecule has 3 heteroatoms. The molecule has 1 amide bonds. The van der Waals surface area contributed by atoms with Gasteiger partial charge in [0.2, 0.25) is 5.91 Å². The average Bonchev–Trinajstić information content (AvgIpc) is 2.57. The number of fused-ring (bicyclic) bond motifs is 2. The lowest BCUT2D eigenvalue weighted by molar-refractivity contribution is -0.118. The van der Waals surface area contributed by atoms with Crippen molar-refractivity contribution < 1.29 is 4.79 Å². The maximum atomic E-state index is 12.7. The minimum Gasteiger partial charge on any atom is -0.330 e. The molecule has 0 bridgehead atoms. The Morgan fingerprint density at radius 1 is 1.13 bits per heavy atom. The lowest BCUT2D eigenvalue weighted by Crippen LogP contribution is -2.33. The van der Waals surface area contributed by atoms with Gasteiger partial charge >= 0.3 is 0 Å². The molecule has 2 N–H and O–H groups in total. The molecule has 0 aromatic heterocycles. The molecule has 2 aromatic rings. The highest BCUT2D eigenvalue weighted by Gasteiger charge is 2.22. The molecule has 3 nitrogen and oxygen atoms in total. The van der Waals surface area contributed by atoms with Crippen LogP contribution in [-0.4, -0.2) is 12.5 Å². The first-order valence-electron chi connectivity index (χ1n) is 8.13. The second-order valence-corrected chi connectivity index (χ2v) is 5.76. The maximum absolute atomic E-state index is 12.7. The van der Waals surface area contributed by atoms with Crippen molar-refractivity contribution in [3.05, 3.63) is 65.2 Å². The van der Waals surface area contributed by atoms with E-state index in [9.17, 15) is 4.79 Å². The van der Waals surface area contributed by atoms with Crippen LogP contribution in [0.1, 0.15) is 36.5 Å². The van der Waals surface area contributed by atoms with Gasteiger partial charge in [0.15, 0.2) is 0 Å². The van der Waals surface area contributed by atoms with E-state index in [-0.39, 0.29) is 5.91 Å². The fourth-order valence-electron chi connectivity index (χ4n) is 3.09. The van der Waals surface area contributed by atoms with Gasteiger partial charge in [0.1, 0.15) is 0 Å². The number of benzene rings is 2. The zero-order valence-electron chi connectivity index (χ0n) is 13.5. The predicted octanol–water partition coefficient (Wildman–Crippen LogP) is 3.83. The molecule has 0 aliphatic carbocycles. The molecule has 0 saturated carbocycles. The van der Waals surface area contributed by atoms with Crippen molar-refractivity contribution in [1.29, 1.82) is 0 Å². The lowest BCUT2D eigenvalue weighted by atomic mass is 9.93. The van der Waals surface area contributed by atoms with Crippen LogP contribution in [0, 0.1) is 0 Å². The van der Waals surface area contributed by atoms with Gasteiger partial charge in [-0.3, -0.25) is 4.79 Å². The number of para-hydroxylation sites is 1. The number of nitrogens with two attached hydrogens (primary N) is 1. The summed E-state index contributed by atoms with van der Waals surface area (Å²) in [4.78, 5) is 14.5. The van der Waals surface area contributed by atoms with Crippen molar-refractivity contribution in [3.63, 3.8) is 0 Å². The highest BCUT2D eigenvalue weighted by molar-refractivity contribution is 5.99. The van der Waals surface area contributed by atoms with Crippen LogP contribution in [0.15, 0.2) is 48.5 Å². The van der Waals surface area contributed by atoms with Gasteiger partial charge in [-0.15, -0.1) is 0 Å². The Labute approximate surface area is 137 Å². The third-order valence-electron chi connectivity index (χ3n) is 4.29. The number of nitrogens with zero attached hydrogens (tertiary/aromatic N) is 1. The number of hydrogen-bond acceptors (Lipinski definition) is 2. The summed E-state index contributed by atoms with van der Waals surface area (Å²) in [5.41, 5.74) is 11.3. The van der Waals surface area contributed by atoms with Gasteiger partial charge in [0.05, 0.1) is 12.2 Å². The average molecular weight is 306 g/mol. The van der Waals surface area contributed by atoms with Crippen LogP contribution in [0.2, 0.25) is 0 Å². The Hall–Kier alpha value is -2.39. The molecule has 23 heavy (non-hydrogen) atoms. The van der Waals surface area contributed by atoms with Gasteiger partial charge in [-0.25, -0.2) is 0 Å². The Morgan fingerprint density at radius 2 is 1.87 bits per heavy atom. The number of carbonyl (C=O) groups excluding carboxylic acids is 1. The van der Waals surface area contributed by atoms with Crippen LogP contribution >= 0.6 is 0 Å². The standard InChI is InChI=1S/C20H22N2O/c1-2-15-13-16-7-3-4-8-17(16)14-22(20(23)11-12-21)19-10-6-5-9-18(15)19/h3-10,13H,2,11-12,14,21H2,1H3/b15-13-. The van der Waals surface area contributed by atoms with Crippen molar-refractivity contribution in [2.45, 2.75) is 26.3 Å². The van der Waals surface area contributed by atoms with E-state index in [2.05, 4.69) is 31.2 Å². The zero-order valence-corrected chi connectivity index (χ0v) is 13.5. The molecule has 1 heterocycles. The summed E-state index contributed by atoms with van der Waals surface area (Å²) in [6, 6.07) is 16.4. The van der Waals surface area contributed by atoms with Gasteiger partial charge in [-0.1, -0.05) is 55.5 Å². The van der Waals surface area contributed by atoms with E-state index in [1.807, 2.05) is 35.2 Å².